The normalized spacial score (nSPS) is 16.5. The van der Waals surface area contributed by atoms with Crippen molar-refractivity contribution in [1.82, 2.24) is 0 Å². The second-order valence-electron chi connectivity index (χ2n) is 5.38. The van der Waals surface area contributed by atoms with Crippen molar-refractivity contribution in [2.24, 2.45) is 5.73 Å². The zero-order valence-corrected chi connectivity index (χ0v) is 14.1. The van der Waals surface area contributed by atoms with Crippen molar-refractivity contribution in [3.05, 3.63) is 57.6 Å². The minimum absolute atomic E-state index is 0.152. The summed E-state index contributed by atoms with van der Waals surface area (Å²) in [7, 11) is 0. The molecular weight excluding hydrogens is 306 g/mol. The van der Waals surface area contributed by atoms with Gasteiger partial charge < -0.3 is 15.4 Å². The van der Waals surface area contributed by atoms with Crippen LogP contribution in [-0.2, 0) is 0 Å². The smallest absolute Gasteiger partial charge is 0.205 e. The van der Waals surface area contributed by atoms with Gasteiger partial charge in [-0.2, -0.15) is 16.6 Å². The number of allylic oxidation sites excluding steroid dienone is 1. The highest BCUT2D eigenvalue weighted by Gasteiger charge is 2.31. The van der Waals surface area contributed by atoms with Gasteiger partial charge in [0.1, 0.15) is 17.4 Å². The number of fused-ring (bicyclic) bond motifs is 1. The second-order valence-corrected chi connectivity index (χ2v) is 6.16. The standard InChI is InChI=1S/C18H19N3OS/c1-3-21(4-2)13-5-6-14-16(9-13)22-18(20)15(10-19)17(14)12-7-8-23-11-12/h5-9,11,17H,3-4,20H2,1-2H3/t17-/m1/s1. The van der Waals surface area contributed by atoms with Crippen LogP contribution in [0.4, 0.5) is 5.69 Å². The molecule has 118 valence electrons. The lowest BCUT2D eigenvalue weighted by atomic mass is 9.85. The zero-order chi connectivity index (χ0) is 16.4. The summed E-state index contributed by atoms with van der Waals surface area (Å²) in [5, 5.41) is 13.6. The number of hydrogen-bond acceptors (Lipinski definition) is 5. The third-order valence-corrected chi connectivity index (χ3v) is 4.91. The predicted molar refractivity (Wildman–Crippen MR) is 93.6 cm³/mol. The molecule has 1 aliphatic heterocycles. The summed E-state index contributed by atoms with van der Waals surface area (Å²) in [5.74, 6) is 0.788. The van der Waals surface area contributed by atoms with E-state index in [-0.39, 0.29) is 11.8 Å². The van der Waals surface area contributed by atoms with Gasteiger partial charge in [0.2, 0.25) is 5.88 Å². The molecule has 4 nitrogen and oxygen atoms in total. The van der Waals surface area contributed by atoms with Crippen LogP contribution in [0.1, 0.15) is 30.9 Å². The highest BCUT2D eigenvalue weighted by Crippen LogP contribution is 2.43. The van der Waals surface area contributed by atoms with Gasteiger partial charge >= 0.3 is 0 Å². The molecule has 0 bridgehead atoms. The SMILES string of the molecule is CCN(CC)c1ccc2c(c1)OC(N)=C(C#N)[C@@H]2c1ccsc1. The van der Waals surface area contributed by atoms with E-state index < -0.39 is 0 Å². The van der Waals surface area contributed by atoms with Crippen LogP contribution in [-0.4, -0.2) is 13.1 Å². The molecule has 2 N–H and O–H groups in total. The van der Waals surface area contributed by atoms with Crippen molar-refractivity contribution < 1.29 is 4.74 Å². The van der Waals surface area contributed by atoms with Gasteiger partial charge in [0, 0.05) is 30.4 Å². The minimum Gasteiger partial charge on any atom is -0.440 e. The molecule has 5 heteroatoms. The molecule has 0 fully saturated rings. The van der Waals surface area contributed by atoms with Crippen molar-refractivity contribution in [1.29, 1.82) is 5.26 Å². The number of ether oxygens (including phenoxy) is 1. The van der Waals surface area contributed by atoms with E-state index in [1.54, 1.807) is 11.3 Å². The van der Waals surface area contributed by atoms with Gasteiger partial charge in [0.05, 0.1) is 5.92 Å². The van der Waals surface area contributed by atoms with E-state index in [1.807, 2.05) is 17.5 Å². The van der Waals surface area contributed by atoms with Crippen molar-refractivity contribution in [3.8, 4) is 11.8 Å². The van der Waals surface area contributed by atoms with Gasteiger partial charge in [0.15, 0.2) is 0 Å². The van der Waals surface area contributed by atoms with E-state index in [2.05, 4.69) is 42.3 Å². The zero-order valence-electron chi connectivity index (χ0n) is 13.2. The molecule has 2 aromatic rings. The molecule has 0 amide bonds. The van der Waals surface area contributed by atoms with E-state index in [0.29, 0.717) is 5.57 Å². The molecule has 23 heavy (non-hydrogen) atoms. The third-order valence-electron chi connectivity index (χ3n) is 4.21. The van der Waals surface area contributed by atoms with Gasteiger partial charge in [0.25, 0.3) is 0 Å². The number of anilines is 1. The Labute approximate surface area is 140 Å². The summed E-state index contributed by atoms with van der Waals surface area (Å²) in [6.07, 6.45) is 0. The maximum Gasteiger partial charge on any atom is 0.205 e. The quantitative estimate of drug-likeness (QED) is 0.928. The van der Waals surface area contributed by atoms with Crippen LogP contribution in [0.5, 0.6) is 5.75 Å². The Morgan fingerprint density at radius 2 is 2.09 bits per heavy atom. The molecule has 3 rings (SSSR count). The van der Waals surface area contributed by atoms with Gasteiger partial charge in [-0.3, -0.25) is 0 Å². The number of thiophene rings is 1. The van der Waals surface area contributed by atoms with Crippen LogP contribution in [0.2, 0.25) is 0 Å². The van der Waals surface area contributed by atoms with Crippen LogP contribution in [0, 0.1) is 11.3 Å². The predicted octanol–water partition coefficient (Wildman–Crippen LogP) is 3.81. The fourth-order valence-corrected chi connectivity index (χ4v) is 3.70. The van der Waals surface area contributed by atoms with Crippen molar-refractivity contribution in [2.45, 2.75) is 19.8 Å². The monoisotopic (exact) mass is 325 g/mol. The van der Waals surface area contributed by atoms with E-state index in [0.717, 1.165) is 35.7 Å². The van der Waals surface area contributed by atoms with Gasteiger partial charge in [-0.25, -0.2) is 0 Å². The fourth-order valence-electron chi connectivity index (χ4n) is 3.01. The molecule has 1 aliphatic rings. The lowest BCUT2D eigenvalue weighted by molar-refractivity contribution is 0.394. The minimum atomic E-state index is -0.152. The molecule has 1 aromatic carbocycles. The average Bonchev–Trinajstić information content (AvgIpc) is 3.08. The molecule has 0 saturated carbocycles. The summed E-state index contributed by atoms with van der Waals surface area (Å²) < 4.78 is 5.76. The molecular formula is C18H19N3OS. The number of hydrogen-bond donors (Lipinski definition) is 1. The molecule has 1 atom stereocenters. The van der Waals surface area contributed by atoms with Gasteiger partial charge in [-0.1, -0.05) is 6.07 Å². The maximum absolute atomic E-state index is 9.50. The van der Waals surface area contributed by atoms with Gasteiger partial charge in [-0.15, -0.1) is 0 Å². The molecule has 0 spiro atoms. The van der Waals surface area contributed by atoms with E-state index in [9.17, 15) is 5.26 Å². The summed E-state index contributed by atoms with van der Waals surface area (Å²) in [5.41, 5.74) is 9.67. The first-order valence-corrected chi connectivity index (χ1v) is 8.62. The molecule has 2 heterocycles. The Hall–Kier alpha value is -2.45. The Morgan fingerprint density at radius 1 is 1.30 bits per heavy atom. The van der Waals surface area contributed by atoms with E-state index in [4.69, 9.17) is 10.5 Å². The Morgan fingerprint density at radius 3 is 2.70 bits per heavy atom. The molecule has 0 radical (unpaired) electrons. The Kier molecular flexibility index (Phi) is 4.26. The summed E-state index contributed by atoms with van der Waals surface area (Å²) in [6.45, 7) is 6.11. The number of benzene rings is 1. The van der Waals surface area contributed by atoms with Crippen LogP contribution in [0.3, 0.4) is 0 Å². The molecule has 0 unspecified atom stereocenters. The summed E-state index contributed by atoms with van der Waals surface area (Å²) >= 11 is 1.62. The molecule has 0 aliphatic carbocycles. The average molecular weight is 325 g/mol. The maximum atomic E-state index is 9.50. The van der Waals surface area contributed by atoms with Crippen LogP contribution in [0.25, 0.3) is 0 Å². The third kappa shape index (κ3) is 2.66. The highest BCUT2D eigenvalue weighted by atomic mass is 32.1. The summed E-state index contributed by atoms with van der Waals surface area (Å²) in [4.78, 5) is 2.25. The Bertz CT molecular complexity index is 770. The largest absolute Gasteiger partial charge is 0.440 e. The van der Waals surface area contributed by atoms with Crippen molar-refractivity contribution in [3.63, 3.8) is 0 Å². The first-order chi connectivity index (χ1) is 11.2. The lowest BCUT2D eigenvalue weighted by Crippen LogP contribution is -2.24. The first-order valence-electron chi connectivity index (χ1n) is 7.68. The van der Waals surface area contributed by atoms with Crippen LogP contribution >= 0.6 is 11.3 Å². The summed E-state index contributed by atoms with van der Waals surface area (Å²) in [6, 6.07) is 10.4. The van der Waals surface area contributed by atoms with Crippen molar-refractivity contribution in [2.75, 3.05) is 18.0 Å². The Balaban J connectivity index is 2.11. The number of nitrogens with zero attached hydrogens (tertiary/aromatic N) is 2. The number of nitrogens with two attached hydrogens (primary N) is 1. The molecule has 1 aromatic heterocycles. The van der Waals surface area contributed by atoms with Crippen LogP contribution < -0.4 is 15.4 Å². The second kappa shape index (κ2) is 6.35. The highest BCUT2D eigenvalue weighted by molar-refractivity contribution is 7.08. The number of nitriles is 1. The fraction of sp³-hybridized carbons (Fsp3) is 0.278. The first kappa shape index (κ1) is 15.4. The number of rotatable bonds is 4. The van der Waals surface area contributed by atoms with Crippen molar-refractivity contribution >= 4 is 17.0 Å². The van der Waals surface area contributed by atoms with Crippen LogP contribution in [0.15, 0.2) is 46.5 Å². The van der Waals surface area contributed by atoms with E-state index in [1.165, 1.54) is 0 Å². The van der Waals surface area contributed by atoms with Gasteiger partial charge in [-0.05, 0) is 42.3 Å². The molecule has 0 saturated heterocycles. The van der Waals surface area contributed by atoms with E-state index >= 15 is 0 Å². The topological polar surface area (TPSA) is 62.3 Å². The lowest BCUT2D eigenvalue weighted by Gasteiger charge is -2.28.